The van der Waals surface area contributed by atoms with Gasteiger partial charge in [-0.25, -0.2) is 0 Å². The fraction of sp³-hybridized carbons (Fsp3) is 0.364. The van der Waals surface area contributed by atoms with Crippen LogP contribution in [0.2, 0.25) is 0 Å². The van der Waals surface area contributed by atoms with Crippen LogP contribution in [0.4, 0.5) is 5.69 Å². The van der Waals surface area contributed by atoms with Crippen LogP contribution in [0.1, 0.15) is 47.3 Å². The van der Waals surface area contributed by atoms with Crippen molar-refractivity contribution in [3.63, 3.8) is 0 Å². The van der Waals surface area contributed by atoms with E-state index in [0.29, 0.717) is 11.3 Å². The standard InChI is InChI=1S/C22H28N2O3/c1-6-17(5)23-22(26)18-9-7-8-10-19(18)24-20(25)13-27-21-15(3)11-14(2)12-16(21)4/h7-12,17H,6,13H2,1-5H3,(H,23,26)(H,24,25). The van der Waals surface area contributed by atoms with Gasteiger partial charge in [0, 0.05) is 6.04 Å². The molecule has 144 valence electrons. The first-order chi connectivity index (χ1) is 12.8. The zero-order valence-electron chi connectivity index (χ0n) is 16.7. The maximum atomic E-state index is 12.4. The zero-order valence-corrected chi connectivity index (χ0v) is 16.7. The quantitative estimate of drug-likeness (QED) is 0.771. The first-order valence-corrected chi connectivity index (χ1v) is 9.22. The first-order valence-electron chi connectivity index (χ1n) is 9.22. The monoisotopic (exact) mass is 368 g/mol. The smallest absolute Gasteiger partial charge is 0.262 e. The minimum atomic E-state index is -0.307. The molecule has 0 saturated heterocycles. The van der Waals surface area contributed by atoms with E-state index in [1.165, 1.54) is 0 Å². The minimum Gasteiger partial charge on any atom is -0.483 e. The van der Waals surface area contributed by atoms with Gasteiger partial charge >= 0.3 is 0 Å². The second-order valence-electron chi connectivity index (χ2n) is 6.89. The molecule has 5 heteroatoms. The average Bonchev–Trinajstić information content (AvgIpc) is 2.61. The largest absolute Gasteiger partial charge is 0.483 e. The number of benzene rings is 2. The molecule has 0 spiro atoms. The number of nitrogens with one attached hydrogen (secondary N) is 2. The van der Waals surface area contributed by atoms with Crippen LogP contribution in [-0.4, -0.2) is 24.5 Å². The fourth-order valence-electron chi connectivity index (χ4n) is 2.91. The first kappa shape index (κ1) is 20.5. The minimum absolute atomic E-state index is 0.0667. The molecule has 0 aliphatic carbocycles. The van der Waals surface area contributed by atoms with Crippen LogP contribution in [0.25, 0.3) is 0 Å². The van der Waals surface area contributed by atoms with Crippen LogP contribution < -0.4 is 15.4 Å². The Kier molecular flexibility index (Phi) is 6.99. The predicted octanol–water partition coefficient (Wildman–Crippen LogP) is 4.16. The molecular formula is C22H28N2O3. The fourth-order valence-corrected chi connectivity index (χ4v) is 2.91. The number of amides is 2. The van der Waals surface area contributed by atoms with Gasteiger partial charge in [0.15, 0.2) is 6.61 Å². The second-order valence-corrected chi connectivity index (χ2v) is 6.89. The number of anilines is 1. The van der Waals surface area contributed by atoms with Gasteiger partial charge in [-0.05, 0) is 57.4 Å². The molecule has 0 fully saturated rings. The van der Waals surface area contributed by atoms with Gasteiger partial charge in [0.25, 0.3) is 11.8 Å². The molecule has 0 heterocycles. The molecule has 0 aliphatic heterocycles. The summed E-state index contributed by atoms with van der Waals surface area (Å²) in [6.45, 7) is 9.78. The summed E-state index contributed by atoms with van der Waals surface area (Å²) in [6, 6.07) is 11.1. The van der Waals surface area contributed by atoms with Crippen LogP contribution in [0.3, 0.4) is 0 Å². The summed E-state index contributed by atoms with van der Waals surface area (Å²) in [5, 5.41) is 5.69. The van der Waals surface area contributed by atoms with Crippen LogP contribution >= 0.6 is 0 Å². The van der Waals surface area contributed by atoms with Crippen molar-refractivity contribution in [3.05, 3.63) is 58.7 Å². The number of carbonyl (C=O) groups is 2. The Labute approximate surface area is 161 Å². The lowest BCUT2D eigenvalue weighted by Crippen LogP contribution is -2.33. The van der Waals surface area contributed by atoms with Gasteiger partial charge in [-0.3, -0.25) is 9.59 Å². The van der Waals surface area contributed by atoms with E-state index in [-0.39, 0.29) is 24.5 Å². The van der Waals surface area contributed by atoms with E-state index in [0.717, 1.165) is 28.9 Å². The third kappa shape index (κ3) is 5.58. The summed E-state index contributed by atoms with van der Waals surface area (Å²) in [5.74, 6) is 0.211. The molecule has 2 aromatic carbocycles. The van der Waals surface area contributed by atoms with Crippen molar-refractivity contribution in [3.8, 4) is 5.75 Å². The van der Waals surface area contributed by atoms with E-state index in [1.54, 1.807) is 24.3 Å². The summed E-state index contributed by atoms with van der Waals surface area (Å²) in [4.78, 5) is 24.8. The Hall–Kier alpha value is -2.82. The highest BCUT2D eigenvalue weighted by Crippen LogP contribution is 2.24. The number of ether oxygens (including phenoxy) is 1. The highest BCUT2D eigenvalue weighted by molar-refractivity contribution is 6.04. The van der Waals surface area contributed by atoms with E-state index in [2.05, 4.69) is 10.6 Å². The molecule has 0 radical (unpaired) electrons. The van der Waals surface area contributed by atoms with Gasteiger partial charge in [0.05, 0.1) is 11.3 Å². The molecule has 27 heavy (non-hydrogen) atoms. The maximum absolute atomic E-state index is 12.4. The van der Waals surface area contributed by atoms with E-state index < -0.39 is 0 Å². The van der Waals surface area contributed by atoms with Gasteiger partial charge in [-0.15, -0.1) is 0 Å². The van der Waals surface area contributed by atoms with Crippen LogP contribution in [0, 0.1) is 20.8 Å². The van der Waals surface area contributed by atoms with E-state index in [1.807, 2.05) is 46.8 Å². The van der Waals surface area contributed by atoms with Gasteiger partial charge in [0.1, 0.15) is 5.75 Å². The predicted molar refractivity (Wildman–Crippen MR) is 108 cm³/mol. The lowest BCUT2D eigenvalue weighted by Gasteiger charge is -2.16. The normalized spacial score (nSPS) is 11.6. The Bertz CT molecular complexity index is 807. The molecule has 1 unspecified atom stereocenters. The second kappa shape index (κ2) is 9.21. The number of aryl methyl sites for hydroxylation is 3. The van der Waals surface area contributed by atoms with Crippen molar-refractivity contribution in [2.45, 2.75) is 47.1 Å². The molecule has 2 aromatic rings. The van der Waals surface area contributed by atoms with Gasteiger partial charge in [0.2, 0.25) is 0 Å². The highest BCUT2D eigenvalue weighted by Gasteiger charge is 2.15. The molecule has 2 rings (SSSR count). The van der Waals surface area contributed by atoms with Crippen LogP contribution in [0.15, 0.2) is 36.4 Å². The third-order valence-corrected chi connectivity index (χ3v) is 4.39. The summed E-state index contributed by atoms with van der Waals surface area (Å²) in [7, 11) is 0. The molecule has 0 aliphatic rings. The third-order valence-electron chi connectivity index (χ3n) is 4.39. The number of carbonyl (C=O) groups excluding carboxylic acids is 2. The van der Waals surface area contributed by atoms with E-state index >= 15 is 0 Å². The zero-order chi connectivity index (χ0) is 20.0. The molecule has 2 N–H and O–H groups in total. The van der Waals surface area contributed by atoms with Gasteiger partial charge in [-0.2, -0.15) is 0 Å². The van der Waals surface area contributed by atoms with E-state index in [9.17, 15) is 9.59 Å². The summed E-state index contributed by atoms with van der Waals surface area (Å²) in [6.07, 6.45) is 0.837. The average molecular weight is 368 g/mol. The number of para-hydroxylation sites is 1. The maximum Gasteiger partial charge on any atom is 0.262 e. The van der Waals surface area contributed by atoms with Crippen LogP contribution in [0.5, 0.6) is 5.75 Å². The lowest BCUT2D eigenvalue weighted by atomic mass is 10.1. The molecule has 2 amide bonds. The molecule has 0 aromatic heterocycles. The SMILES string of the molecule is CCC(C)NC(=O)c1ccccc1NC(=O)COc1c(C)cc(C)cc1C. The molecule has 5 nitrogen and oxygen atoms in total. The summed E-state index contributed by atoms with van der Waals surface area (Å²) in [5.41, 5.74) is 4.06. The Morgan fingerprint density at radius 1 is 1.07 bits per heavy atom. The number of hydrogen-bond donors (Lipinski definition) is 2. The summed E-state index contributed by atoms with van der Waals surface area (Å²) < 4.78 is 5.73. The Morgan fingerprint density at radius 2 is 1.70 bits per heavy atom. The lowest BCUT2D eigenvalue weighted by molar-refractivity contribution is -0.118. The number of hydrogen-bond acceptors (Lipinski definition) is 3. The molecule has 0 bridgehead atoms. The number of rotatable bonds is 7. The van der Waals surface area contributed by atoms with Gasteiger partial charge < -0.3 is 15.4 Å². The van der Waals surface area contributed by atoms with Crippen molar-refractivity contribution in [2.24, 2.45) is 0 Å². The van der Waals surface area contributed by atoms with E-state index in [4.69, 9.17) is 4.74 Å². The summed E-state index contributed by atoms with van der Waals surface area (Å²) >= 11 is 0. The molecule has 1 atom stereocenters. The molecular weight excluding hydrogens is 340 g/mol. The Morgan fingerprint density at radius 3 is 2.33 bits per heavy atom. The van der Waals surface area contributed by atoms with Crippen LogP contribution in [-0.2, 0) is 4.79 Å². The topological polar surface area (TPSA) is 67.4 Å². The van der Waals surface area contributed by atoms with Gasteiger partial charge in [-0.1, -0.05) is 36.8 Å². The van der Waals surface area contributed by atoms with Crippen molar-refractivity contribution in [1.29, 1.82) is 0 Å². The van der Waals surface area contributed by atoms with Crippen molar-refractivity contribution >= 4 is 17.5 Å². The highest BCUT2D eigenvalue weighted by atomic mass is 16.5. The molecule has 0 saturated carbocycles. The van der Waals surface area contributed by atoms with Crippen molar-refractivity contribution < 1.29 is 14.3 Å². The van der Waals surface area contributed by atoms with Crippen molar-refractivity contribution in [1.82, 2.24) is 5.32 Å². The Balaban J connectivity index is 2.05. The van der Waals surface area contributed by atoms with Crippen molar-refractivity contribution in [2.75, 3.05) is 11.9 Å².